The van der Waals surface area contributed by atoms with Crippen molar-refractivity contribution in [1.29, 1.82) is 5.26 Å². The number of nitrogens with zero attached hydrogens (tertiary/aromatic N) is 3. The topological polar surface area (TPSA) is 50.5 Å². The summed E-state index contributed by atoms with van der Waals surface area (Å²) in [5, 5.41) is 19.1. The number of aliphatic hydroxyl groups excluding tert-OH is 1. The fourth-order valence-corrected chi connectivity index (χ4v) is 3.08. The van der Waals surface area contributed by atoms with Crippen molar-refractivity contribution in [3.8, 4) is 6.07 Å². The fourth-order valence-electron chi connectivity index (χ4n) is 3.08. The van der Waals surface area contributed by atoms with Crippen LogP contribution in [0.3, 0.4) is 0 Å². The summed E-state index contributed by atoms with van der Waals surface area (Å²) < 4.78 is 0. The van der Waals surface area contributed by atoms with Gasteiger partial charge in [0.1, 0.15) is 0 Å². The van der Waals surface area contributed by atoms with E-state index < -0.39 is 6.10 Å². The van der Waals surface area contributed by atoms with Gasteiger partial charge in [-0.15, -0.1) is 0 Å². The molecular weight excluding hydrogens is 262 g/mol. The zero-order chi connectivity index (χ0) is 14.8. The summed E-state index contributed by atoms with van der Waals surface area (Å²) in [7, 11) is 0. The maximum atomic E-state index is 9.96. The van der Waals surface area contributed by atoms with E-state index in [1.54, 1.807) is 13.0 Å². The van der Waals surface area contributed by atoms with Crippen molar-refractivity contribution in [3.63, 3.8) is 0 Å². The molecule has 0 bridgehead atoms. The van der Waals surface area contributed by atoms with Gasteiger partial charge in [-0.3, -0.25) is 4.90 Å². The Morgan fingerprint density at radius 3 is 2.57 bits per heavy atom. The first-order valence-electron chi connectivity index (χ1n) is 7.87. The average molecular weight is 285 g/mol. The number of nitriles is 1. The van der Waals surface area contributed by atoms with Gasteiger partial charge in [-0.1, -0.05) is 6.07 Å². The molecule has 1 unspecified atom stereocenters. The molecule has 1 aliphatic carbocycles. The molecule has 1 aromatic carbocycles. The number of piperazine rings is 1. The van der Waals surface area contributed by atoms with Crippen molar-refractivity contribution in [2.24, 2.45) is 5.92 Å². The van der Waals surface area contributed by atoms with Crippen LogP contribution in [-0.2, 0) is 0 Å². The Morgan fingerprint density at radius 2 is 2.00 bits per heavy atom. The van der Waals surface area contributed by atoms with Crippen LogP contribution in [0.2, 0.25) is 0 Å². The molecule has 1 heterocycles. The Kier molecular flexibility index (Phi) is 4.14. The summed E-state index contributed by atoms with van der Waals surface area (Å²) in [6.45, 7) is 7.13. The summed E-state index contributed by atoms with van der Waals surface area (Å²) in [4.78, 5) is 4.86. The Labute approximate surface area is 126 Å². The molecule has 0 aromatic heterocycles. The van der Waals surface area contributed by atoms with Crippen molar-refractivity contribution in [3.05, 3.63) is 29.3 Å². The highest BCUT2D eigenvalue weighted by Crippen LogP contribution is 2.31. The number of anilines is 1. The molecule has 0 amide bonds. The van der Waals surface area contributed by atoms with E-state index in [0.29, 0.717) is 5.56 Å². The van der Waals surface area contributed by atoms with Gasteiger partial charge in [-0.2, -0.15) is 5.26 Å². The minimum Gasteiger partial charge on any atom is -0.389 e. The third-order valence-corrected chi connectivity index (χ3v) is 4.54. The van der Waals surface area contributed by atoms with E-state index in [9.17, 15) is 5.11 Å². The molecule has 4 nitrogen and oxygen atoms in total. The van der Waals surface area contributed by atoms with Gasteiger partial charge in [-0.05, 0) is 37.8 Å². The van der Waals surface area contributed by atoms with E-state index in [0.717, 1.165) is 43.3 Å². The Bertz CT molecular complexity index is 537. The van der Waals surface area contributed by atoms with Crippen molar-refractivity contribution in [2.75, 3.05) is 37.6 Å². The standard InChI is InChI=1S/C17H23N3O/c1-13(21)16-5-4-15(11-18)10-17(16)20-8-6-19(7-9-20)12-14-2-3-14/h4-5,10,13-14,21H,2-3,6-9,12H2,1H3. The van der Waals surface area contributed by atoms with Gasteiger partial charge in [0.25, 0.3) is 0 Å². The Hall–Kier alpha value is -1.57. The van der Waals surface area contributed by atoms with Crippen LogP contribution < -0.4 is 4.90 Å². The minimum atomic E-state index is -0.503. The molecule has 2 aliphatic rings. The molecule has 0 radical (unpaired) electrons. The number of benzene rings is 1. The second-order valence-electron chi connectivity index (χ2n) is 6.29. The molecule has 2 fully saturated rings. The third-order valence-electron chi connectivity index (χ3n) is 4.54. The van der Waals surface area contributed by atoms with Crippen LogP contribution in [0.25, 0.3) is 0 Å². The second-order valence-corrected chi connectivity index (χ2v) is 6.29. The van der Waals surface area contributed by atoms with Gasteiger partial charge in [0, 0.05) is 44.0 Å². The maximum absolute atomic E-state index is 9.96. The highest BCUT2D eigenvalue weighted by atomic mass is 16.3. The molecule has 1 atom stereocenters. The Morgan fingerprint density at radius 1 is 1.29 bits per heavy atom. The van der Waals surface area contributed by atoms with Crippen LogP contribution in [0.1, 0.15) is 37.0 Å². The molecule has 1 aliphatic heterocycles. The highest BCUT2D eigenvalue weighted by molar-refractivity contribution is 5.58. The number of rotatable bonds is 4. The molecule has 4 heteroatoms. The largest absolute Gasteiger partial charge is 0.389 e. The average Bonchev–Trinajstić information content (AvgIpc) is 3.31. The summed E-state index contributed by atoms with van der Waals surface area (Å²) in [6.07, 6.45) is 2.30. The number of hydrogen-bond acceptors (Lipinski definition) is 4. The van der Waals surface area contributed by atoms with E-state index in [4.69, 9.17) is 5.26 Å². The molecule has 1 N–H and O–H groups in total. The smallest absolute Gasteiger partial charge is 0.0992 e. The third kappa shape index (κ3) is 3.37. The maximum Gasteiger partial charge on any atom is 0.0992 e. The fraction of sp³-hybridized carbons (Fsp3) is 0.588. The van der Waals surface area contributed by atoms with E-state index in [1.165, 1.54) is 19.4 Å². The molecule has 3 rings (SSSR count). The van der Waals surface area contributed by atoms with E-state index in [1.807, 2.05) is 12.1 Å². The van der Waals surface area contributed by atoms with Gasteiger partial charge in [-0.25, -0.2) is 0 Å². The van der Waals surface area contributed by atoms with Gasteiger partial charge < -0.3 is 10.0 Å². The molecule has 1 saturated heterocycles. The predicted octanol–water partition coefficient (Wildman–Crippen LogP) is 2.14. The van der Waals surface area contributed by atoms with Crippen molar-refractivity contribution < 1.29 is 5.11 Å². The van der Waals surface area contributed by atoms with Gasteiger partial charge >= 0.3 is 0 Å². The summed E-state index contributed by atoms with van der Waals surface area (Å²) in [5.41, 5.74) is 2.61. The zero-order valence-electron chi connectivity index (χ0n) is 12.6. The molecule has 112 valence electrons. The molecule has 1 aromatic rings. The van der Waals surface area contributed by atoms with Crippen LogP contribution in [0, 0.1) is 17.2 Å². The van der Waals surface area contributed by atoms with Crippen LogP contribution in [0.4, 0.5) is 5.69 Å². The predicted molar refractivity (Wildman–Crippen MR) is 83.2 cm³/mol. The zero-order valence-corrected chi connectivity index (χ0v) is 12.6. The minimum absolute atomic E-state index is 0.503. The quantitative estimate of drug-likeness (QED) is 0.921. The summed E-state index contributed by atoms with van der Waals surface area (Å²) >= 11 is 0. The Balaban J connectivity index is 1.72. The lowest BCUT2D eigenvalue weighted by Gasteiger charge is -2.37. The lowest BCUT2D eigenvalue weighted by molar-refractivity contribution is 0.198. The molecular formula is C17H23N3O. The first-order chi connectivity index (χ1) is 10.2. The lowest BCUT2D eigenvalue weighted by Crippen LogP contribution is -2.47. The first kappa shape index (κ1) is 14.4. The molecule has 0 spiro atoms. The van der Waals surface area contributed by atoms with Crippen molar-refractivity contribution in [1.82, 2.24) is 4.90 Å². The van der Waals surface area contributed by atoms with Crippen molar-refractivity contribution >= 4 is 5.69 Å². The van der Waals surface area contributed by atoms with Gasteiger partial charge in [0.2, 0.25) is 0 Å². The van der Waals surface area contributed by atoms with E-state index >= 15 is 0 Å². The van der Waals surface area contributed by atoms with Crippen LogP contribution >= 0.6 is 0 Å². The first-order valence-corrected chi connectivity index (χ1v) is 7.87. The monoisotopic (exact) mass is 285 g/mol. The number of hydrogen-bond donors (Lipinski definition) is 1. The van der Waals surface area contributed by atoms with Crippen molar-refractivity contribution in [2.45, 2.75) is 25.9 Å². The number of aliphatic hydroxyl groups is 1. The highest BCUT2D eigenvalue weighted by Gasteiger charge is 2.27. The van der Waals surface area contributed by atoms with Crippen LogP contribution in [0.15, 0.2) is 18.2 Å². The van der Waals surface area contributed by atoms with Gasteiger partial charge in [0.05, 0.1) is 17.7 Å². The SMILES string of the molecule is CC(O)c1ccc(C#N)cc1N1CCN(CC2CC2)CC1. The lowest BCUT2D eigenvalue weighted by atomic mass is 10.0. The van der Waals surface area contributed by atoms with E-state index in [2.05, 4.69) is 15.9 Å². The summed E-state index contributed by atoms with van der Waals surface area (Å²) in [6, 6.07) is 7.78. The molecule has 21 heavy (non-hydrogen) atoms. The molecule has 1 saturated carbocycles. The second kappa shape index (κ2) is 6.05. The van der Waals surface area contributed by atoms with E-state index in [-0.39, 0.29) is 0 Å². The van der Waals surface area contributed by atoms with Crippen LogP contribution in [-0.4, -0.2) is 42.7 Å². The van der Waals surface area contributed by atoms with Gasteiger partial charge in [0.15, 0.2) is 0 Å². The van der Waals surface area contributed by atoms with Crippen LogP contribution in [0.5, 0.6) is 0 Å². The normalized spacial score (nSPS) is 21.1. The summed E-state index contributed by atoms with van der Waals surface area (Å²) in [5.74, 6) is 0.937.